The van der Waals surface area contributed by atoms with Crippen molar-refractivity contribution in [3.8, 4) is 5.82 Å². The molecule has 2 heterocycles. The first-order valence-corrected chi connectivity index (χ1v) is 8.65. The Morgan fingerprint density at radius 3 is 2.50 bits per heavy atom. The van der Waals surface area contributed by atoms with Gasteiger partial charge in [-0.15, -0.1) is 0 Å². The molecule has 2 aromatic carbocycles. The first-order chi connectivity index (χ1) is 13.5. The molecule has 7 heteroatoms. The average Bonchev–Trinajstić information content (AvgIpc) is 3.09. The Morgan fingerprint density at radius 2 is 1.75 bits per heavy atom. The van der Waals surface area contributed by atoms with Gasteiger partial charge in [0.05, 0.1) is 23.0 Å². The zero-order valence-electron chi connectivity index (χ0n) is 15.1. The van der Waals surface area contributed by atoms with E-state index in [0.29, 0.717) is 28.3 Å². The number of rotatable bonds is 4. The van der Waals surface area contributed by atoms with E-state index in [1.54, 1.807) is 28.9 Å². The minimum absolute atomic E-state index is 0.295. The minimum Gasteiger partial charge on any atom is -0.366 e. The molecule has 0 fully saturated rings. The van der Waals surface area contributed by atoms with Crippen LogP contribution >= 0.6 is 0 Å². The monoisotopic (exact) mass is 371 g/mol. The summed E-state index contributed by atoms with van der Waals surface area (Å²) in [4.78, 5) is 28.4. The van der Waals surface area contributed by atoms with Gasteiger partial charge in [-0.1, -0.05) is 18.2 Å². The summed E-state index contributed by atoms with van der Waals surface area (Å²) in [5, 5.41) is 8.16. The molecule has 0 bridgehead atoms. The highest BCUT2D eigenvalue weighted by atomic mass is 16.2. The highest BCUT2D eigenvalue weighted by molar-refractivity contribution is 6.05. The van der Waals surface area contributed by atoms with Crippen LogP contribution < -0.4 is 11.1 Å². The standard InChI is InChI=1S/C21H17N5O2/c1-13-17(21(28)24-16-9-6-15(7-10-16)20(22)27)12-23-26(13)19-11-8-14-4-2-3-5-18(14)25-19/h2-12H,1H3,(H2,22,27)(H,24,28). The molecular weight excluding hydrogens is 354 g/mol. The molecule has 0 aliphatic rings. The molecule has 0 radical (unpaired) electrons. The number of primary amides is 1. The van der Waals surface area contributed by atoms with E-state index in [0.717, 1.165) is 10.9 Å². The molecule has 0 aliphatic carbocycles. The van der Waals surface area contributed by atoms with Crippen LogP contribution in [0.15, 0.2) is 66.9 Å². The number of fused-ring (bicyclic) bond motifs is 1. The first-order valence-electron chi connectivity index (χ1n) is 8.65. The fourth-order valence-electron chi connectivity index (χ4n) is 2.95. The van der Waals surface area contributed by atoms with Gasteiger partial charge < -0.3 is 11.1 Å². The first kappa shape index (κ1) is 17.4. The predicted molar refractivity (Wildman–Crippen MR) is 107 cm³/mol. The van der Waals surface area contributed by atoms with Crippen molar-refractivity contribution in [2.45, 2.75) is 6.92 Å². The molecule has 7 nitrogen and oxygen atoms in total. The van der Waals surface area contributed by atoms with E-state index in [2.05, 4.69) is 15.4 Å². The number of carbonyl (C=O) groups is 2. The zero-order chi connectivity index (χ0) is 19.7. The number of nitrogens with zero attached hydrogens (tertiary/aromatic N) is 3. The third-order valence-corrected chi connectivity index (χ3v) is 4.48. The second-order valence-corrected chi connectivity index (χ2v) is 6.31. The van der Waals surface area contributed by atoms with Gasteiger partial charge in [0.25, 0.3) is 5.91 Å². The Balaban J connectivity index is 1.60. The predicted octanol–water partition coefficient (Wildman–Crippen LogP) is 3.08. The van der Waals surface area contributed by atoms with E-state index >= 15 is 0 Å². The van der Waals surface area contributed by atoms with Gasteiger partial charge in [-0.25, -0.2) is 9.67 Å². The summed E-state index contributed by atoms with van der Waals surface area (Å²) in [6, 6.07) is 18.0. The molecule has 0 unspecified atom stereocenters. The number of amides is 2. The molecule has 2 amide bonds. The largest absolute Gasteiger partial charge is 0.366 e. The van der Waals surface area contributed by atoms with Crippen LogP contribution in [0.3, 0.4) is 0 Å². The number of carbonyl (C=O) groups excluding carboxylic acids is 2. The van der Waals surface area contributed by atoms with Crippen LogP contribution in [0.25, 0.3) is 16.7 Å². The molecule has 0 spiro atoms. The van der Waals surface area contributed by atoms with Crippen LogP contribution in [0.2, 0.25) is 0 Å². The SMILES string of the molecule is Cc1c(C(=O)Nc2ccc(C(N)=O)cc2)cnn1-c1ccc2ccccc2n1. The number of para-hydroxylation sites is 1. The fraction of sp³-hybridized carbons (Fsp3) is 0.0476. The number of anilines is 1. The third kappa shape index (κ3) is 3.21. The van der Waals surface area contributed by atoms with Crippen molar-refractivity contribution < 1.29 is 9.59 Å². The Kier molecular flexibility index (Phi) is 4.33. The van der Waals surface area contributed by atoms with E-state index < -0.39 is 5.91 Å². The molecule has 3 N–H and O–H groups in total. The van der Waals surface area contributed by atoms with Gasteiger partial charge >= 0.3 is 0 Å². The number of benzene rings is 2. The van der Waals surface area contributed by atoms with Crippen molar-refractivity contribution in [1.29, 1.82) is 0 Å². The Hall–Kier alpha value is -4.00. The van der Waals surface area contributed by atoms with Gasteiger partial charge in [0.2, 0.25) is 5.91 Å². The number of hydrogen-bond donors (Lipinski definition) is 2. The number of aromatic nitrogens is 3. The lowest BCUT2D eigenvalue weighted by atomic mass is 10.2. The minimum atomic E-state index is -0.516. The smallest absolute Gasteiger partial charge is 0.259 e. The van der Waals surface area contributed by atoms with E-state index in [1.807, 2.05) is 43.3 Å². The molecular formula is C21H17N5O2. The molecule has 0 atom stereocenters. The molecule has 4 rings (SSSR count). The van der Waals surface area contributed by atoms with Crippen LogP contribution in [0.1, 0.15) is 26.4 Å². The maximum Gasteiger partial charge on any atom is 0.259 e. The van der Waals surface area contributed by atoms with Gasteiger partial charge in [-0.05, 0) is 49.4 Å². The van der Waals surface area contributed by atoms with Crippen molar-refractivity contribution in [2.75, 3.05) is 5.32 Å². The number of pyridine rings is 1. The molecule has 0 saturated heterocycles. The van der Waals surface area contributed by atoms with Gasteiger partial charge in [-0.3, -0.25) is 9.59 Å². The lowest BCUT2D eigenvalue weighted by Gasteiger charge is -2.07. The molecule has 138 valence electrons. The number of nitrogens with one attached hydrogen (secondary N) is 1. The summed E-state index contributed by atoms with van der Waals surface area (Å²) in [7, 11) is 0. The summed E-state index contributed by atoms with van der Waals surface area (Å²) in [6.45, 7) is 1.81. The van der Waals surface area contributed by atoms with E-state index in [1.165, 1.54) is 6.20 Å². The van der Waals surface area contributed by atoms with Crippen molar-refractivity contribution in [1.82, 2.24) is 14.8 Å². The van der Waals surface area contributed by atoms with E-state index in [-0.39, 0.29) is 5.91 Å². The van der Waals surface area contributed by atoms with E-state index in [4.69, 9.17) is 5.73 Å². The van der Waals surface area contributed by atoms with Crippen LogP contribution in [0.4, 0.5) is 5.69 Å². The van der Waals surface area contributed by atoms with Gasteiger partial charge in [0.15, 0.2) is 5.82 Å². The maximum atomic E-state index is 12.6. The van der Waals surface area contributed by atoms with Crippen LogP contribution in [0.5, 0.6) is 0 Å². The van der Waals surface area contributed by atoms with E-state index in [9.17, 15) is 9.59 Å². The molecule has 0 saturated carbocycles. The van der Waals surface area contributed by atoms with Crippen molar-refractivity contribution in [2.24, 2.45) is 5.73 Å². The lowest BCUT2D eigenvalue weighted by Crippen LogP contribution is -2.14. The summed E-state index contributed by atoms with van der Waals surface area (Å²) < 4.78 is 1.64. The summed E-state index contributed by atoms with van der Waals surface area (Å²) >= 11 is 0. The van der Waals surface area contributed by atoms with Crippen LogP contribution in [0, 0.1) is 6.92 Å². The Bertz CT molecular complexity index is 1200. The molecule has 28 heavy (non-hydrogen) atoms. The average molecular weight is 371 g/mol. The van der Waals surface area contributed by atoms with Crippen molar-refractivity contribution in [3.05, 3.63) is 83.7 Å². The van der Waals surface area contributed by atoms with Crippen LogP contribution in [-0.2, 0) is 0 Å². The van der Waals surface area contributed by atoms with Gasteiger partial charge in [0.1, 0.15) is 0 Å². The highest BCUT2D eigenvalue weighted by Gasteiger charge is 2.16. The van der Waals surface area contributed by atoms with Crippen molar-refractivity contribution >= 4 is 28.4 Å². The molecule has 4 aromatic rings. The van der Waals surface area contributed by atoms with Crippen molar-refractivity contribution in [3.63, 3.8) is 0 Å². The quantitative estimate of drug-likeness (QED) is 0.575. The Morgan fingerprint density at radius 1 is 1.00 bits per heavy atom. The second kappa shape index (κ2) is 6.96. The summed E-state index contributed by atoms with van der Waals surface area (Å²) in [5.74, 6) is -0.171. The topological polar surface area (TPSA) is 103 Å². The maximum absolute atomic E-state index is 12.6. The summed E-state index contributed by atoms with van der Waals surface area (Å²) in [6.07, 6.45) is 1.51. The molecule has 2 aromatic heterocycles. The molecule has 0 aliphatic heterocycles. The number of nitrogens with two attached hydrogens (primary N) is 1. The van der Waals surface area contributed by atoms with Gasteiger partial charge in [-0.2, -0.15) is 5.10 Å². The summed E-state index contributed by atoms with van der Waals surface area (Å²) in [5.41, 5.74) is 8.14. The second-order valence-electron chi connectivity index (χ2n) is 6.31. The number of hydrogen-bond acceptors (Lipinski definition) is 4. The van der Waals surface area contributed by atoms with Crippen LogP contribution in [-0.4, -0.2) is 26.6 Å². The Labute approximate surface area is 160 Å². The highest BCUT2D eigenvalue weighted by Crippen LogP contribution is 2.18. The zero-order valence-corrected chi connectivity index (χ0v) is 15.1. The van der Waals surface area contributed by atoms with Gasteiger partial charge in [0, 0.05) is 16.6 Å². The fourth-order valence-corrected chi connectivity index (χ4v) is 2.95. The third-order valence-electron chi connectivity index (χ3n) is 4.48. The normalized spacial score (nSPS) is 10.8. The lowest BCUT2D eigenvalue weighted by molar-refractivity contribution is 0.0998.